The smallest absolute Gasteiger partial charge is 0.253 e. The Bertz CT molecular complexity index is 1480. The molecule has 0 bridgehead atoms. The van der Waals surface area contributed by atoms with Gasteiger partial charge in [-0.25, -0.2) is 14.6 Å². The minimum atomic E-state index is 0.0738. The first-order chi connectivity index (χ1) is 17.8. The molecule has 2 aromatic heterocycles. The zero-order valence-corrected chi connectivity index (χ0v) is 19.9. The van der Waals surface area contributed by atoms with Gasteiger partial charge in [0.05, 0.1) is 17.3 Å². The Hall–Kier alpha value is -4.52. The molecule has 1 saturated heterocycles. The molecule has 178 valence electrons. The molecule has 1 fully saturated rings. The second-order valence-corrected chi connectivity index (χ2v) is 8.90. The van der Waals surface area contributed by atoms with Crippen LogP contribution in [0.3, 0.4) is 0 Å². The van der Waals surface area contributed by atoms with Crippen LogP contribution in [0.2, 0.25) is 0 Å². The van der Waals surface area contributed by atoms with Gasteiger partial charge in [0.15, 0.2) is 5.65 Å². The number of hydrogen-bond donors (Lipinski definition) is 0. The summed E-state index contributed by atoms with van der Waals surface area (Å²) in [6.45, 7) is 2.68. The quantitative estimate of drug-likeness (QED) is 0.379. The fourth-order valence-electron chi connectivity index (χ4n) is 4.68. The van der Waals surface area contributed by atoms with Crippen LogP contribution in [0, 0.1) is 0 Å². The van der Waals surface area contributed by atoms with E-state index in [1.165, 1.54) is 0 Å². The van der Waals surface area contributed by atoms with Crippen LogP contribution in [0.5, 0.6) is 0 Å². The van der Waals surface area contributed by atoms with Gasteiger partial charge in [-0.05, 0) is 29.8 Å². The minimum absolute atomic E-state index is 0.0738. The number of benzene rings is 3. The van der Waals surface area contributed by atoms with E-state index in [1.807, 2.05) is 94.6 Å². The number of fused-ring (bicyclic) bond motifs is 1. The molecule has 1 aliphatic heterocycles. The third-order valence-electron chi connectivity index (χ3n) is 6.55. The van der Waals surface area contributed by atoms with Crippen molar-refractivity contribution < 1.29 is 4.79 Å². The van der Waals surface area contributed by atoms with Crippen molar-refractivity contribution in [3.63, 3.8) is 0 Å². The highest BCUT2D eigenvalue weighted by Gasteiger charge is 2.25. The van der Waals surface area contributed by atoms with E-state index in [4.69, 9.17) is 9.97 Å². The predicted molar refractivity (Wildman–Crippen MR) is 140 cm³/mol. The number of piperazine rings is 1. The molecule has 1 amide bonds. The summed E-state index contributed by atoms with van der Waals surface area (Å²) in [5.74, 6) is 1.70. The lowest BCUT2D eigenvalue weighted by Crippen LogP contribution is -2.49. The average Bonchev–Trinajstić information content (AvgIpc) is 3.38. The zero-order valence-electron chi connectivity index (χ0n) is 19.9. The van der Waals surface area contributed by atoms with E-state index in [1.54, 1.807) is 0 Å². The maximum atomic E-state index is 12.9. The summed E-state index contributed by atoms with van der Waals surface area (Å²) in [6.07, 6.45) is 2.49. The second kappa shape index (κ2) is 9.62. The van der Waals surface area contributed by atoms with E-state index in [2.05, 4.69) is 22.1 Å². The lowest BCUT2D eigenvalue weighted by atomic mass is 10.1. The number of carbonyl (C=O) groups excluding carboxylic acids is 1. The maximum absolute atomic E-state index is 12.9. The van der Waals surface area contributed by atoms with Gasteiger partial charge in [-0.2, -0.15) is 5.10 Å². The highest BCUT2D eigenvalue weighted by atomic mass is 16.2. The molecule has 7 heteroatoms. The summed E-state index contributed by atoms with van der Waals surface area (Å²) >= 11 is 0. The molecule has 3 aromatic carbocycles. The molecule has 5 aromatic rings. The molecule has 0 unspecified atom stereocenters. The van der Waals surface area contributed by atoms with Gasteiger partial charge in [-0.1, -0.05) is 66.7 Å². The Kier molecular flexibility index (Phi) is 5.87. The summed E-state index contributed by atoms with van der Waals surface area (Å²) in [5.41, 5.74) is 3.64. The van der Waals surface area contributed by atoms with Gasteiger partial charge in [-0.3, -0.25) is 4.79 Å². The summed E-state index contributed by atoms with van der Waals surface area (Å²) in [6, 6.07) is 29.8. The third kappa shape index (κ3) is 4.31. The van der Waals surface area contributed by atoms with Gasteiger partial charge in [0.25, 0.3) is 5.91 Å². The van der Waals surface area contributed by atoms with Crippen molar-refractivity contribution >= 4 is 22.8 Å². The molecular formula is C29H26N6O. The highest BCUT2D eigenvalue weighted by molar-refractivity contribution is 5.94. The summed E-state index contributed by atoms with van der Waals surface area (Å²) in [4.78, 5) is 27.1. The molecule has 0 N–H and O–H groups in total. The minimum Gasteiger partial charge on any atom is -0.352 e. The number of rotatable bonds is 5. The summed E-state index contributed by atoms with van der Waals surface area (Å²) in [5, 5.41) is 5.59. The Morgan fingerprint density at radius 1 is 0.750 bits per heavy atom. The molecule has 36 heavy (non-hydrogen) atoms. The van der Waals surface area contributed by atoms with Crippen molar-refractivity contribution in [2.24, 2.45) is 0 Å². The Morgan fingerprint density at radius 3 is 2.08 bits per heavy atom. The van der Waals surface area contributed by atoms with E-state index in [0.717, 1.165) is 39.5 Å². The first kappa shape index (κ1) is 22.0. The monoisotopic (exact) mass is 474 g/mol. The van der Waals surface area contributed by atoms with Crippen molar-refractivity contribution in [3.8, 4) is 5.69 Å². The number of carbonyl (C=O) groups is 1. The molecule has 7 nitrogen and oxygen atoms in total. The van der Waals surface area contributed by atoms with E-state index in [9.17, 15) is 4.79 Å². The predicted octanol–water partition coefficient (Wildman–Crippen LogP) is 4.37. The number of hydrogen-bond acceptors (Lipinski definition) is 5. The second-order valence-electron chi connectivity index (χ2n) is 8.90. The van der Waals surface area contributed by atoms with E-state index in [0.29, 0.717) is 32.6 Å². The number of nitrogens with zero attached hydrogens (tertiary/aromatic N) is 6. The fourth-order valence-corrected chi connectivity index (χ4v) is 4.68. The van der Waals surface area contributed by atoms with E-state index in [-0.39, 0.29) is 5.91 Å². The molecule has 0 radical (unpaired) electrons. The fraction of sp³-hybridized carbons (Fsp3) is 0.172. The molecule has 3 heterocycles. The van der Waals surface area contributed by atoms with Gasteiger partial charge in [-0.15, -0.1) is 0 Å². The lowest BCUT2D eigenvalue weighted by molar-refractivity contribution is 0.0746. The summed E-state index contributed by atoms with van der Waals surface area (Å²) < 4.78 is 1.88. The molecule has 0 aliphatic carbocycles. The van der Waals surface area contributed by atoms with Crippen LogP contribution in [-0.4, -0.2) is 56.7 Å². The Morgan fingerprint density at radius 2 is 1.39 bits per heavy atom. The van der Waals surface area contributed by atoms with Crippen LogP contribution in [0.4, 0.5) is 5.82 Å². The van der Waals surface area contributed by atoms with Crippen LogP contribution >= 0.6 is 0 Å². The van der Waals surface area contributed by atoms with E-state index < -0.39 is 0 Å². The molecule has 6 rings (SSSR count). The van der Waals surface area contributed by atoms with Gasteiger partial charge in [0, 0.05) is 38.2 Å². The standard InChI is InChI=1S/C29H26N6O/c36-29(23-12-6-2-7-13-23)34-18-16-33(17-19-34)27-25-21-30-35(24-14-8-3-9-15-24)28(25)32-26(31-27)20-22-10-4-1-5-11-22/h1-15,21H,16-20H2. The highest BCUT2D eigenvalue weighted by Crippen LogP contribution is 2.27. The van der Waals surface area contributed by atoms with Crippen molar-refractivity contribution in [2.75, 3.05) is 31.1 Å². The normalized spacial score (nSPS) is 13.8. The maximum Gasteiger partial charge on any atom is 0.253 e. The number of amides is 1. The van der Waals surface area contributed by atoms with E-state index >= 15 is 0 Å². The van der Waals surface area contributed by atoms with Crippen molar-refractivity contribution in [1.29, 1.82) is 0 Å². The van der Waals surface area contributed by atoms with Crippen LogP contribution in [0.15, 0.2) is 97.2 Å². The largest absolute Gasteiger partial charge is 0.352 e. The molecule has 0 saturated carbocycles. The molecule has 1 aliphatic rings. The van der Waals surface area contributed by atoms with Crippen LogP contribution in [0.25, 0.3) is 16.7 Å². The topological polar surface area (TPSA) is 67.2 Å². The first-order valence-electron chi connectivity index (χ1n) is 12.2. The molecule has 0 spiro atoms. The van der Waals surface area contributed by atoms with Crippen LogP contribution in [-0.2, 0) is 6.42 Å². The molecular weight excluding hydrogens is 448 g/mol. The van der Waals surface area contributed by atoms with Gasteiger partial charge in [0.1, 0.15) is 11.6 Å². The van der Waals surface area contributed by atoms with Crippen molar-refractivity contribution in [2.45, 2.75) is 6.42 Å². The Labute approximate surface area is 209 Å². The summed E-state index contributed by atoms with van der Waals surface area (Å²) in [7, 11) is 0. The van der Waals surface area contributed by atoms with Crippen LogP contribution in [0.1, 0.15) is 21.7 Å². The number of anilines is 1. The lowest BCUT2D eigenvalue weighted by Gasteiger charge is -2.35. The molecule has 0 atom stereocenters. The van der Waals surface area contributed by atoms with Crippen LogP contribution < -0.4 is 4.90 Å². The van der Waals surface area contributed by atoms with Gasteiger partial charge < -0.3 is 9.80 Å². The van der Waals surface area contributed by atoms with Crippen molar-refractivity contribution in [1.82, 2.24) is 24.6 Å². The van der Waals surface area contributed by atoms with Crippen molar-refractivity contribution in [3.05, 3.63) is 114 Å². The number of aromatic nitrogens is 4. The first-order valence-corrected chi connectivity index (χ1v) is 12.2. The number of para-hydroxylation sites is 1. The van der Waals surface area contributed by atoms with Gasteiger partial charge >= 0.3 is 0 Å². The SMILES string of the molecule is O=C(c1ccccc1)N1CCN(c2nc(Cc3ccccc3)nc3c2cnn3-c2ccccc2)CC1. The average molecular weight is 475 g/mol. The zero-order chi connectivity index (χ0) is 24.3. The third-order valence-corrected chi connectivity index (χ3v) is 6.55. The van der Waals surface area contributed by atoms with Gasteiger partial charge in [0.2, 0.25) is 0 Å². The Balaban J connectivity index is 1.33.